The van der Waals surface area contributed by atoms with Gasteiger partial charge in [0, 0.05) is 23.5 Å². The zero-order chi connectivity index (χ0) is 30.9. The molecule has 1 heterocycles. The minimum Gasteiger partial charge on any atom is -0.478 e. The molecule has 224 valence electrons. The fourth-order valence-corrected chi connectivity index (χ4v) is 5.88. The zero-order valence-corrected chi connectivity index (χ0v) is 25.0. The van der Waals surface area contributed by atoms with Gasteiger partial charge < -0.3 is 19.9 Å². The van der Waals surface area contributed by atoms with Crippen molar-refractivity contribution in [3.8, 4) is 0 Å². The van der Waals surface area contributed by atoms with E-state index >= 15 is 0 Å². The van der Waals surface area contributed by atoms with Gasteiger partial charge >= 0.3 is 11.9 Å². The first kappa shape index (κ1) is 30.8. The van der Waals surface area contributed by atoms with Crippen LogP contribution in [0.2, 0.25) is 5.02 Å². The number of hydrogen-bond donors (Lipinski definition) is 3. The SMILES string of the molecule is CC1=C(C(=O)O)C(c2ccccc2Cl)C(C(=O)OCOCCNC(c2ccccc2)(c2ccccc2)c2ccccc2)=CN1. The Balaban J connectivity index is 1.28. The number of aliphatic carboxylic acids is 1. The summed E-state index contributed by atoms with van der Waals surface area (Å²) in [6.45, 7) is 2.01. The van der Waals surface area contributed by atoms with Gasteiger partial charge in [-0.25, -0.2) is 9.59 Å². The molecule has 0 amide bonds. The van der Waals surface area contributed by atoms with Gasteiger partial charge in [-0.05, 0) is 35.2 Å². The summed E-state index contributed by atoms with van der Waals surface area (Å²) < 4.78 is 11.2. The van der Waals surface area contributed by atoms with E-state index in [9.17, 15) is 14.7 Å². The van der Waals surface area contributed by atoms with Gasteiger partial charge in [-0.15, -0.1) is 0 Å². The monoisotopic (exact) mass is 608 g/mol. The lowest BCUT2D eigenvalue weighted by molar-refractivity contribution is -0.151. The highest BCUT2D eigenvalue weighted by Crippen LogP contribution is 2.40. The van der Waals surface area contributed by atoms with E-state index in [1.54, 1.807) is 31.2 Å². The van der Waals surface area contributed by atoms with Crippen molar-refractivity contribution in [2.24, 2.45) is 0 Å². The number of carboxylic acid groups (broad SMARTS) is 1. The second kappa shape index (κ2) is 14.2. The number of carbonyl (C=O) groups is 2. The normalized spacial score (nSPS) is 14.9. The third-order valence-electron chi connectivity index (χ3n) is 7.66. The molecule has 0 aromatic heterocycles. The molecule has 0 aliphatic carbocycles. The molecule has 0 saturated heterocycles. The fourth-order valence-electron chi connectivity index (χ4n) is 5.63. The molecule has 0 saturated carbocycles. The summed E-state index contributed by atoms with van der Waals surface area (Å²) in [5, 5.41) is 16.9. The summed E-state index contributed by atoms with van der Waals surface area (Å²) in [7, 11) is 0. The van der Waals surface area contributed by atoms with E-state index in [2.05, 4.69) is 47.0 Å². The molecular formula is C36H33ClN2O5. The first-order chi connectivity index (χ1) is 21.4. The van der Waals surface area contributed by atoms with Gasteiger partial charge in [0.05, 0.1) is 29.2 Å². The molecule has 4 aromatic carbocycles. The fraction of sp³-hybridized carbons (Fsp3) is 0.167. The number of nitrogens with one attached hydrogen (secondary N) is 2. The third-order valence-corrected chi connectivity index (χ3v) is 8.00. The third kappa shape index (κ3) is 6.45. The summed E-state index contributed by atoms with van der Waals surface area (Å²) >= 11 is 6.43. The van der Waals surface area contributed by atoms with Crippen molar-refractivity contribution in [1.82, 2.24) is 10.6 Å². The maximum Gasteiger partial charge on any atom is 0.338 e. The predicted octanol–water partition coefficient (Wildman–Crippen LogP) is 6.37. The molecule has 4 aromatic rings. The van der Waals surface area contributed by atoms with Crippen LogP contribution in [0.3, 0.4) is 0 Å². The number of halogens is 1. The molecule has 0 fully saturated rings. The van der Waals surface area contributed by atoms with Crippen molar-refractivity contribution in [1.29, 1.82) is 0 Å². The Kier molecular flexibility index (Phi) is 9.92. The number of carbonyl (C=O) groups excluding carboxylic acids is 1. The van der Waals surface area contributed by atoms with Gasteiger partial charge in [-0.3, -0.25) is 5.32 Å². The molecule has 1 atom stereocenters. The Morgan fingerprint density at radius 1 is 0.841 bits per heavy atom. The Morgan fingerprint density at radius 3 is 1.89 bits per heavy atom. The van der Waals surface area contributed by atoms with Crippen LogP contribution in [-0.4, -0.2) is 37.0 Å². The van der Waals surface area contributed by atoms with Crippen LogP contribution in [0, 0.1) is 0 Å². The van der Waals surface area contributed by atoms with Gasteiger partial charge in [0.15, 0.2) is 6.79 Å². The summed E-state index contributed by atoms with van der Waals surface area (Å²) in [5.41, 5.74) is 3.63. The number of hydrogen-bond acceptors (Lipinski definition) is 6. The van der Waals surface area contributed by atoms with Crippen LogP contribution in [0.1, 0.15) is 35.1 Å². The first-order valence-electron chi connectivity index (χ1n) is 14.2. The molecule has 8 heteroatoms. The van der Waals surface area contributed by atoms with E-state index in [0.717, 1.165) is 16.7 Å². The maximum absolute atomic E-state index is 13.2. The summed E-state index contributed by atoms with van der Waals surface area (Å²) in [6, 6.07) is 37.5. The van der Waals surface area contributed by atoms with E-state index < -0.39 is 23.4 Å². The standard InChI is InChI=1S/C36H33ClN2O5/c1-25-32(34(40)41)33(29-19-11-12-20-31(29)37)30(23-38-25)35(42)44-24-43-22-21-39-36(26-13-5-2-6-14-26,27-15-7-3-8-16-27)28-17-9-4-10-18-28/h2-20,23,33,38-39H,21-22,24H2,1H3,(H,40,41). The zero-order valence-electron chi connectivity index (χ0n) is 24.2. The van der Waals surface area contributed by atoms with Gasteiger partial charge in [-0.2, -0.15) is 0 Å². The van der Waals surface area contributed by atoms with Crippen molar-refractivity contribution in [3.05, 3.63) is 166 Å². The van der Waals surface area contributed by atoms with Crippen molar-refractivity contribution < 1.29 is 24.2 Å². The van der Waals surface area contributed by atoms with Gasteiger partial charge in [0.25, 0.3) is 0 Å². The molecule has 1 aliphatic rings. The van der Waals surface area contributed by atoms with Crippen LogP contribution >= 0.6 is 11.6 Å². The number of ether oxygens (including phenoxy) is 2. The van der Waals surface area contributed by atoms with Gasteiger partial charge in [0.2, 0.25) is 0 Å². The Labute approximate surface area is 261 Å². The molecule has 5 rings (SSSR count). The molecule has 7 nitrogen and oxygen atoms in total. The van der Waals surface area contributed by atoms with Crippen molar-refractivity contribution in [3.63, 3.8) is 0 Å². The minimum atomic E-state index is -1.15. The van der Waals surface area contributed by atoms with Crippen LogP contribution in [0.5, 0.6) is 0 Å². The lowest BCUT2D eigenvalue weighted by atomic mass is 9.77. The molecule has 0 bridgehead atoms. The summed E-state index contributed by atoms with van der Waals surface area (Å²) in [4.78, 5) is 25.4. The Hall–Kier alpha value is -4.69. The van der Waals surface area contributed by atoms with Gasteiger partial charge in [-0.1, -0.05) is 121 Å². The second-order valence-electron chi connectivity index (χ2n) is 10.3. The topological polar surface area (TPSA) is 96.9 Å². The highest BCUT2D eigenvalue weighted by atomic mass is 35.5. The first-order valence-corrected chi connectivity index (χ1v) is 14.6. The number of allylic oxidation sites excluding steroid dienone is 1. The average molecular weight is 609 g/mol. The highest BCUT2D eigenvalue weighted by Gasteiger charge is 2.37. The summed E-state index contributed by atoms with van der Waals surface area (Å²) in [5.74, 6) is -2.76. The maximum atomic E-state index is 13.2. The average Bonchev–Trinajstić information content (AvgIpc) is 3.05. The van der Waals surface area contributed by atoms with E-state index in [-0.39, 0.29) is 24.5 Å². The largest absolute Gasteiger partial charge is 0.478 e. The lowest BCUT2D eigenvalue weighted by Crippen LogP contribution is -2.46. The highest BCUT2D eigenvalue weighted by molar-refractivity contribution is 6.31. The van der Waals surface area contributed by atoms with E-state index in [1.165, 1.54) is 6.20 Å². The second-order valence-corrected chi connectivity index (χ2v) is 10.7. The van der Waals surface area contributed by atoms with E-state index in [4.69, 9.17) is 21.1 Å². The molecule has 3 N–H and O–H groups in total. The van der Waals surface area contributed by atoms with Crippen molar-refractivity contribution in [2.45, 2.75) is 18.4 Å². The number of carboxylic acids is 1. The minimum absolute atomic E-state index is 0.0248. The number of rotatable bonds is 12. The quantitative estimate of drug-likeness (QED) is 0.0744. The van der Waals surface area contributed by atoms with Crippen LogP contribution < -0.4 is 10.6 Å². The van der Waals surface area contributed by atoms with Crippen LogP contribution in [-0.2, 0) is 24.6 Å². The molecule has 1 aliphatic heterocycles. The Bertz CT molecular complexity index is 1560. The molecule has 1 unspecified atom stereocenters. The number of dihydropyridines is 1. The molecule has 44 heavy (non-hydrogen) atoms. The van der Waals surface area contributed by atoms with Crippen LogP contribution in [0.15, 0.2) is 138 Å². The Morgan fingerprint density at radius 2 is 1.36 bits per heavy atom. The smallest absolute Gasteiger partial charge is 0.338 e. The van der Waals surface area contributed by atoms with Gasteiger partial charge in [0.1, 0.15) is 0 Å². The van der Waals surface area contributed by atoms with E-state index in [1.807, 2.05) is 54.6 Å². The van der Waals surface area contributed by atoms with Crippen LogP contribution in [0.25, 0.3) is 0 Å². The summed E-state index contributed by atoms with van der Waals surface area (Å²) in [6.07, 6.45) is 1.47. The predicted molar refractivity (Wildman–Crippen MR) is 170 cm³/mol. The molecule has 0 spiro atoms. The lowest BCUT2D eigenvalue weighted by Gasteiger charge is -2.37. The number of benzene rings is 4. The molecular weight excluding hydrogens is 576 g/mol. The number of esters is 1. The van der Waals surface area contributed by atoms with Crippen molar-refractivity contribution in [2.75, 3.05) is 19.9 Å². The van der Waals surface area contributed by atoms with E-state index in [0.29, 0.717) is 22.8 Å². The van der Waals surface area contributed by atoms with Crippen molar-refractivity contribution >= 4 is 23.5 Å². The molecule has 0 radical (unpaired) electrons. The van der Waals surface area contributed by atoms with Crippen LogP contribution in [0.4, 0.5) is 0 Å².